The highest BCUT2D eigenvalue weighted by atomic mass is 16.1. The molecule has 0 spiro atoms. The van der Waals surface area contributed by atoms with Gasteiger partial charge in [0.05, 0.1) is 0 Å². The third kappa shape index (κ3) is 2.39. The minimum Gasteiger partial charge on any atom is -0.353 e. The average Bonchev–Trinajstić information content (AvgIpc) is 2.79. The summed E-state index contributed by atoms with van der Waals surface area (Å²) in [5.41, 5.74) is 1.89. The van der Waals surface area contributed by atoms with Gasteiger partial charge in [0.25, 0.3) is 0 Å². The van der Waals surface area contributed by atoms with Gasteiger partial charge in [0.1, 0.15) is 0 Å². The van der Waals surface area contributed by atoms with Crippen molar-refractivity contribution in [1.82, 2.24) is 5.32 Å². The van der Waals surface area contributed by atoms with Crippen LogP contribution in [-0.4, -0.2) is 11.9 Å². The number of hydrogen-bond donors (Lipinski definition) is 1. The normalized spacial score (nSPS) is 33.1. The number of nitrogens with one attached hydrogen (secondary N) is 1. The fourth-order valence-electron chi connectivity index (χ4n) is 4.59. The fraction of sp³-hybridized carbons (Fsp3) is 0.632. The number of amides is 1. The van der Waals surface area contributed by atoms with E-state index in [1.165, 1.54) is 24.8 Å². The maximum atomic E-state index is 12.3. The van der Waals surface area contributed by atoms with Crippen molar-refractivity contribution in [3.63, 3.8) is 0 Å². The van der Waals surface area contributed by atoms with Gasteiger partial charge in [0.2, 0.25) is 5.91 Å². The molecule has 2 nitrogen and oxygen atoms in total. The maximum Gasteiger partial charge on any atom is 0.220 e. The molecule has 0 heterocycles. The van der Waals surface area contributed by atoms with Crippen molar-refractivity contribution in [2.24, 2.45) is 16.7 Å². The zero-order chi connectivity index (χ0) is 15.1. The van der Waals surface area contributed by atoms with Crippen molar-refractivity contribution in [3.8, 4) is 0 Å². The molecular formula is C19H27NO. The Hall–Kier alpha value is -1.31. The van der Waals surface area contributed by atoms with Crippen LogP contribution < -0.4 is 5.32 Å². The van der Waals surface area contributed by atoms with Gasteiger partial charge in [-0.25, -0.2) is 0 Å². The second-order valence-electron chi connectivity index (χ2n) is 7.72. The van der Waals surface area contributed by atoms with Crippen LogP contribution in [-0.2, 0) is 11.2 Å². The van der Waals surface area contributed by atoms with Crippen molar-refractivity contribution in [2.45, 2.75) is 58.9 Å². The first-order valence-electron chi connectivity index (χ1n) is 8.27. The molecule has 2 aliphatic rings. The van der Waals surface area contributed by atoms with E-state index in [-0.39, 0.29) is 11.3 Å². The highest BCUT2D eigenvalue weighted by Gasteiger charge is 2.61. The van der Waals surface area contributed by atoms with Gasteiger partial charge in [-0.1, -0.05) is 51.1 Å². The van der Waals surface area contributed by atoms with Gasteiger partial charge in [-0.2, -0.15) is 0 Å². The second kappa shape index (κ2) is 5.15. The second-order valence-corrected chi connectivity index (χ2v) is 7.72. The van der Waals surface area contributed by atoms with Crippen molar-refractivity contribution in [3.05, 3.63) is 35.9 Å². The Labute approximate surface area is 128 Å². The standard InChI is InChI=1S/C19H27NO/c1-18(2)15-11-12-19(18,3)16(13-15)20-17(21)10-9-14-7-5-4-6-8-14/h4-8,15-16H,9-13H2,1-3H3,(H,20,21). The summed E-state index contributed by atoms with van der Waals surface area (Å²) in [5.74, 6) is 0.996. The molecule has 3 unspecified atom stereocenters. The number of aryl methyl sites for hydroxylation is 1. The van der Waals surface area contributed by atoms with Gasteiger partial charge in [0.15, 0.2) is 0 Å². The Balaban J connectivity index is 1.57. The minimum absolute atomic E-state index is 0.216. The lowest BCUT2D eigenvalue weighted by atomic mass is 9.69. The number of rotatable bonds is 4. The summed E-state index contributed by atoms with van der Waals surface area (Å²) in [4.78, 5) is 12.3. The number of benzene rings is 1. The molecule has 2 aliphatic carbocycles. The summed E-state index contributed by atoms with van der Waals surface area (Å²) in [6, 6.07) is 10.6. The molecule has 2 fully saturated rings. The van der Waals surface area contributed by atoms with E-state index in [2.05, 4.69) is 38.2 Å². The summed E-state index contributed by atoms with van der Waals surface area (Å²) < 4.78 is 0. The van der Waals surface area contributed by atoms with Gasteiger partial charge < -0.3 is 5.32 Å². The van der Waals surface area contributed by atoms with Crippen LogP contribution >= 0.6 is 0 Å². The summed E-state index contributed by atoms with van der Waals surface area (Å²) in [5, 5.41) is 3.34. The molecule has 3 rings (SSSR count). The zero-order valence-corrected chi connectivity index (χ0v) is 13.5. The Morgan fingerprint density at radius 1 is 1.24 bits per heavy atom. The Kier molecular flexibility index (Phi) is 3.59. The van der Waals surface area contributed by atoms with Gasteiger partial charge >= 0.3 is 0 Å². The fourth-order valence-corrected chi connectivity index (χ4v) is 4.59. The predicted molar refractivity (Wildman–Crippen MR) is 85.9 cm³/mol. The smallest absolute Gasteiger partial charge is 0.220 e. The van der Waals surface area contributed by atoms with Gasteiger partial charge in [-0.15, -0.1) is 0 Å². The molecule has 0 aliphatic heterocycles. The number of hydrogen-bond acceptors (Lipinski definition) is 1. The van der Waals surface area contributed by atoms with E-state index >= 15 is 0 Å². The summed E-state index contributed by atoms with van der Waals surface area (Å²) >= 11 is 0. The van der Waals surface area contributed by atoms with Crippen LogP contribution in [0.4, 0.5) is 0 Å². The molecule has 1 aromatic rings. The first kappa shape index (κ1) is 14.6. The number of carbonyl (C=O) groups is 1. The number of carbonyl (C=O) groups excluding carboxylic acids is 1. The molecule has 0 saturated heterocycles. The Morgan fingerprint density at radius 2 is 1.95 bits per heavy atom. The van der Waals surface area contributed by atoms with Crippen molar-refractivity contribution >= 4 is 5.91 Å². The molecule has 2 heteroatoms. The largest absolute Gasteiger partial charge is 0.353 e. The van der Waals surface area contributed by atoms with Crippen LogP contribution in [0.5, 0.6) is 0 Å². The van der Waals surface area contributed by atoms with Crippen LogP contribution in [0.25, 0.3) is 0 Å². The maximum absolute atomic E-state index is 12.3. The van der Waals surface area contributed by atoms with Crippen LogP contribution in [0.15, 0.2) is 30.3 Å². The molecule has 2 bridgehead atoms. The lowest BCUT2D eigenvalue weighted by Gasteiger charge is -2.39. The molecule has 1 amide bonds. The van der Waals surface area contributed by atoms with E-state index < -0.39 is 0 Å². The zero-order valence-electron chi connectivity index (χ0n) is 13.5. The van der Waals surface area contributed by atoms with Crippen LogP contribution in [0.1, 0.15) is 52.0 Å². The quantitative estimate of drug-likeness (QED) is 0.891. The van der Waals surface area contributed by atoms with Crippen LogP contribution in [0.3, 0.4) is 0 Å². The topological polar surface area (TPSA) is 29.1 Å². The third-order valence-electron chi connectivity index (χ3n) is 6.61. The first-order chi connectivity index (χ1) is 9.93. The van der Waals surface area contributed by atoms with E-state index in [1.807, 2.05) is 18.2 Å². The van der Waals surface area contributed by atoms with Gasteiger partial charge in [-0.3, -0.25) is 4.79 Å². The molecule has 0 aromatic heterocycles. The summed E-state index contributed by atoms with van der Waals surface area (Å²) in [7, 11) is 0. The lowest BCUT2D eigenvalue weighted by molar-refractivity contribution is -0.122. The van der Waals surface area contributed by atoms with Gasteiger partial charge in [-0.05, 0) is 48.0 Å². The monoisotopic (exact) mass is 285 g/mol. The highest BCUT2D eigenvalue weighted by Crippen LogP contribution is 2.65. The summed E-state index contributed by atoms with van der Waals surface area (Å²) in [6.07, 6.45) is 5.19. The Bertz CT molecular complexity index is 522. The van der Waals surface area contributed by atoms with Crippen molar-refractivity contribution in [2.75, 3.05) is 0 Å². The highest BCUT2D eigenvalue weighted by molar-refractivity contribution is 5.76. The van der Waals surface area contributed by atoms with E-state index in [0.717, 1.165) is 12.3 Å². The molecule has 3 atom stereocenters. The van der Waals surface area contributed by atoms with Gasteiger partial charge in [0, 0.05) is 12.5 Å². The molecule has 1 aromatic carbocycles. The third-order valence-corrected chi connectivity index (χ3v) is 6.61. The molecule has 114 valence electrons. The average molecular weight is 285 g/mol. The van der Waals surface area contributed by atoms with E-state index in [0.29, 0.717) is 17.9 Å². The number of fused-ring (bicyclic) bond motifs is 2. The van der Waals surface area contributed by atoms with Crippen molar-refractivity contribution in [1.29, 1.82) is 0 Å². The molecule has 2 saturated carbocycles. The minimum atomic E-state index is 0.216. The molecule has 21 heavy (non-hydrogen) atoms. The molecule has 0 radical (unpaired) electrons. The first-order valence-corrected chi connectivity index (χ1v) is 8.27. The predicted octanol–water partition coefficient (Wildman–Crippen LogP) is 3.95. The van der Waals surface area contributed by atoms with E-state index in [9.17, 15) is 4.79 Å². The SMILES string of the molecule is CC1(C)C2CCC1(C)C(NC(=O)CCc1ccccc1)C2. The molecule has 1 N–H and O–H groups in total. The van der Waals surface area contributed by atoms with Crippen LogP contribution in [0.2, 0.25) is 0 Å². The lowest BCUT2D eigenvalue weighted by Crippen LogP contribution is -2.46. The van der Waals surface area contributed by atoms with E-state index in [4.69, 9.17) is 0 Å². The van der Waals surface area contributed by atoms with E-state index in [1.54, 1.807) is 0 Å². The van der Waals surface area contributed by atoms with Crippen molar-refractivity contribution < 1.29 is 4.79 Å². The molecular weight excluding hydrogens is 258 g/mol. The summed E-state index contributed by atoms with van der Waals surface area (Å²) in [6.45, 7) is 7.16. The Morgan fingerprint density at radius 3 is 2.52 bits per heavy atom. The van der Waals surface area contributed by atoms with Crippen LogP contribution in [0, 0.1) is 16.7 Å².